The molecule has 2 aromatic heterocycles. The Hall–Kier alpha value is -3.63. The fourth-order valence-electron chi connectivity index (χ4n) is 3.11. The molecule has 0 aliphatic rings. The Balaban J connectivity index is 1.58. The number of amides is 1. The van der Waals surface area contributed by atoms with Gasteiger partial charge in [0.1, 0.15) is 5.82 Å². The molecule has 11 heteroatoms. The molecule has 9 nitrogen and oxygen atoms in total. The van der Waals surface area contributed by atoms with Gasteiger partial charge in [0.2, 0.25) is 5.91 Å². The molecular weight excluding hydrogens is 464 g/mol. The summed E-state index contributed by atoms with van der Waals surface area (Å²) in [4.78, 5) is 40.5. The first-order valence-electron chi connectivity index (χ1n) is 9.89. The summed E-state index contributed by atoms with van der Waals surface area (Å²) in [7, 11) is 0. The van der Waals surface area contributed by atoms with Gasteiger partial charge < -0.3 is 10.3 Å². The maximum absolute atomic E-state index is 12.5. The molecule has 0 fully saturated rings. The standard InChI is InChI=1S/C22H19ClN6O3S/c1-13-2-6-15(7-3-13)24-20(31)12-33-22-28-27-18(10-16-11-19(30)26-21(32)25-16)29(22)17-8-4-14(23)5-9-17/h2-9,11H,10,12H2,1H3,(H,24,31)(H2,25,26,30,32). The van der Waals surface area contributed by atoms with Gasteiger partial charge in [-0.1, -0.05) is 41.1 Å². The van der Waals surface area contributed by atoms with Crippen LogP contribution < -0.4 is 16.6 Å². The number of aromatic nitrogens is 5. The molecule has 33 heavy (non-hydrogen) atoms. The Morgan fingerprint density at radius 1 is 1.06 bits per heavy atom. The molecule has 0 aliphatic carbocycles. The van der Waals surface area contributed by atoms with Crippen LogP contribution in [0.2, 0.25) is 5.02 Å². The molecule has 4 rings (SSSR count). The van der Waals surface area contributed by atoms with Crippen molar-refractivity contribution >= 4 is 35.0 Å². The Labute approximate surface area is 197 Å². The lowest BCUT2D eigenvalue weighted by atomic mass is 10.2. The molecule has 0 saturated heterocycles. The van der Waals surface area contributed by atoms with E-state index in [1.54, 1.807) is 28.8 Å². The minimum atomic E-state index is -0.600. The van der Waals surface area contributed by atoms with Gasteiger partial charge in [0.25, 0.3) is 5.56 Å². The van der Waals surface area contributed by atoms with Gasteiger partial charge >= 0.3 is 5.69 Å². The van der Waals surface area contributed by atoms with Crippen LogP contribution >= 0.6 is 23.4 Å². The van der Waals surface area contributed by atoms with Crippen molar-refractivity contribution in [3.05, 3.63) is 97.5 Å². The number of hydrogen-bond donors (Lipinski definition) is 3. The van der Waals surface area contributed by atoms with E-state index in [1.807, 2.05) is 31.2 Å². The van der Waals surface area contributed by atoms with Crippen molar-refractivity contribution in [2.45, 2.75) is 18.5 Å². The third-order valence-corrected chi connectivity index (χ3v) is 5.80. The zero-order valence-electron chi connectivity index (χ0n) is 17.5. The second kappa shape index (κ2) is 9.88. The second-order valence-electron chi connectivity index (χ2n) is 7.20. The maximum atomic E-state index is 12.5. The molecule has 0 radical (unpaired) electrons. The number of H-pyrrole nitrogens is 2. The predicted octanol–water partition coefficient (Wildman–Crippen LogP) is 2.93. The predicted molar refractivity (Wildman–Crippen MR) is 127 cm³/mol. The zero-order chi connectivity index (χ0) is 23.4. The summed E-state index contributed by atoms with van der Waals surface area (Å²) >= 11 is 7.25. The van der Waals surface area contributed by atoms with E-state index in [4.69, 9.17) is 11.6 Å². The number of aromatic amines is 2. The van der Waals surface area contributed by atoms with E-state index in [-0.39, 0.29) is 18.1 Å². The summed E-state index contributed by atoms with van der Waals surface area (Å²) in [5.74, 6) is 0.413. The second-order valence-corrected chi connectivity index (χ2v) is 8.58. The topological polar surface area (TPSA) is 126 Å². The van der Waals surface area contributed by atoms with E-state index >= 15 is 0 Å². The quantitative estimate of drug-likeness (QED) is 0.348. The Bertz CT molecular complexity index is 1370. The highest BCUT2D eigenvalue weighted by Gasteiger charge is 2.17. The summed E-state index contributed by atoms with van der Waals surface area (Å²) in [6.45, 7) is 1.98. The number of hydrogen-bond acceptors (Lipinski definition) is 6. The van der Waals surface area contributed by atoms with E-state index in [0.717, 1.165) is 11.3 Å². The molecule has 0 atom stereocenters. The van der Waals surface area contributed by atoms with Crippen molar-refractivity contribution in [1.29, 1.82) is 0 Å². The largest absolute Gasteiger partial charge is 0.325 e. The molecule has 0 spiro atoms. The van der Waals surface area contributed by atoms with Crippen LogP contribution in [-0.2, 0) is 11.2 Å². The Kier molecular flexibility index (Phi) is 6.76. The number of halogens is 1. The molecule has 0 saturated carbocycles. The van der Waals surface area contributed by atoms with Crippen LogP contribution in [0.25, 0.3) is 5.69 Å². The highest BCUT2D eigenvalue weighted by Crippen LogP contribution is 2.24. The highest BCUT2D eigenvalue weighted by atomic mass is 35.5. The van der Waals surface area contributed by atoms with Crippen molar-refractivity contribution in [2.75, 3.05) is 11.1 Å². The average molecular weight is 483 g/mol. The first-order valence-corrected chi connectivity index (χ1v) is 11.3. The molecule has 4 aromatic rings. The third kappa shape index (κ3) is 5.79. The average Bonchev–Trinajstić information content (AvgIpc) is 3.16. The van der Waals surface area contributed by atoms with Crippen molar-refractivity contribution in [3.8, 4) is 5.69 Å². The van der Waals surface area contributed by atoms with Crippen molar-refractivity contribution in [1.82, 2.24) is 24.7 Å². The van der Waals surface area contributed by atoms with Crippen LogP contribution in [0.3, 0.4) is 0 Å². The summed E-state index contributed by atoms with van der Waals surface area (Å²) in [6.07, 6.45) is 0.158. The van der Waals surface area contributed by atoms with Crippen LogP contribution in [0.4, 0.5) is 5.69 Å². The maximum Gasteiger partial charge on any atom is 0.325 e. The number of carbonyl (C=O) groups is 1. The number of benzene rings is 2. The lowest BCUT2D eigenvalue weighted by molar-refractivity contribution is -0.113. The molecule has 1 amide bonds. The lowest BCUT2D eigenvalue weighted by Gasteiger charge is -2.11. The van der Waals surface area contributed by atoms with Gasteiger partial charge in [0, 0.05) is 34.6 Å². The fourth-order valence-corrected chi connectivity index (χ4v) is 4.00. The van der Waals surface area contributed by atoms with Crippen molar-refractivity contribution < 1.29 is 4.79 Å². The summed E-state index contributed by atoms with van der Waals surface area (Å²) in [5.41, 5.74) is 1.83. The van der Waals surface area contributed by atoms with E-state index in [9.17, 15) is 14.4 Å². The van der Waals surface area contributed by atoms with Crippen LogP contribution in [0.15, 0.2) is 69.3 Å². The Morgan fingerprint density at radius 3 is 2.48 bits per heavy atom. The molecule has 168 valence electrons. The SMILES string of the molecule is Cc1ccc(NC(=O)CSc2nnc(Cc3cc(=O)[nH]c(=O)[nH]3)n2-c2ccc(Cl)cc2)cc1. The number of nitrogens with one attached hydrogen (secondary N) is 3. The van der Waals surface area contributed by atoms with E-state index in [2.05, 4.69) is 25.5 Å². The number of thioether (sulfide) groups is 1. The Morgan fingerprint density at radius 2 is 1.79 bits per heavy atom. The molecule has 3 N–H and O–H groups in total. The normalized spacial score (nSPS) is 10.8. The van der Waals surface area contributed by atoms with Gasteiger partial charge in [0.15, 0.2) is 5.16 Å². The molecule has 0 unspecified atom stereocenters. The lowest BCUT2D eigenvalue weighted by Crippen LogP contribution is -2.23. The molecular formula is C22H19ClN6O3S. The number of aryl methyl sites for hydroxylation is 1. The monoisotopic (exact) mass is 482 g/mol. The molecule has 0 bridgehead atoms. The van der Waals surface area contributed by atoms with Crippen LogP contribution in [0.5, 0.6) is 0 Å². The first kappa shape index (κ1) is 22.6. The van der Waals surface area contributed by atoms with E-state index in [1.165, 1.54) is 17.8 Å². The van der Waals surface area contributed by atoms with Gasteiger partial charge in [-0.05, 0) is 43.3 Å². The highest BCUT2D eigenvalue weighted by molar-refractivity contribution is 7.99. The molecule has 2 aromatic carbocycles. The van der Waals surface area contributed by atoms with Crippen molar-refractivity contribution in [3.63, 3.8) is 0 Å². The zero-order valence-corrected chi connectivity index (χ0v) is 19.0. The third-order valence-electron chi connectivity index (χ3n) is 4.62. The molecule has 0 aliphatic heterocycles. The minimum Gasteiger partial charge on any atom is -0.325 e. The van der Waals surface area contributed by atoms with Gasteiger partial charge in [0.05, 0.1) is 5.75 Å². The van der Waals surface area contributed by atoms with E-state index in [0.29, 0.717) is 27.4 Å². The smallest absolute Gasteiger partial charge is 0.325 e. The van der Waals surface area contributed by atoms with Gasteiger partial charge in [-0.15, -0.1) is 10.2 Å². The van der Waals surface area contributed by atoms with Crippen LogP contribution in [0, 0.1) is 6.92 Å². The summed E-state index contributed by atoms with van der Waals surface area (Å²) in [6, 6.07) is 15.9. The number of carbonyl (C=O) groups excluding carboxylic acids is 1. The van der Waals surface area contributed by atoms with Crippen LogP contribution in [0.1, 0.15) is 17.1 Å². The minimum absolute atomic E-state index is 0.113. The van der Waals surface area contributed by atoms with Gasteiger partial charge in [-0.3, -0.25) is 19.1 Å². The number of nitrogens with zero attached hydrogens (tertiary/aromatic N) is 3. The fraction of sp³-hybridized carbons (Fsp3) is 0.136. The number of rotatable bonds is 7. The van der Waals surface area contributed by atoms with Crippen LogP contribution in [-0.4, -0.2) is 36.4 Å². The van der Waals surface area contributed by atoms with Crippen molar-refractivity contribution in [2.24, 2.45) is 0 Å². The summed E-state index contributed by atoms with van der Waals surface area (Å²) in [5, 5.41) is 12.4. The van der Waals surface area contributed by atoms with Gasteiger partial charge in [-0.25, -0.2) is 4.79 Å². The first-order chi connectivity index (χ1) is 15.9. The summed E-state index contributed by atoms with van der Waals surface area (Å²) < 4.78 is 1.76. The molecule has 2 heterocycles. The van der Waals surface area contributed by atoms with E-state index < -0.39 is 11.2 Å². The van der Waals surface area contributed by atoms with Gasteiger partial charge in [-0.2, -0.15) is 0 Å². The number of anilines is 1.